The van der Waals surface area contributed by atoms with Gasteiger partial charge in [-0.1, -0.05) is 20.8 Å². The average molecular weight is 398 g/mol. The SMILES string of the molecule is COc1cc2cc(C)n(-c3ccc(O[Si](C)(C)C(C)(C)C)cc3)c2cc1OC. The van der Waals surface area contributed by atoms with E-state index in [4.69, 9.17) is 13.9 Å². The van der Waals surface area contributed by atoms with Crippen LogP contribution in [-0.2, 0) is 0 Å². The zero-order chi connectivity index (χ0) is 20.7. The molecule has 0 N–H and O–H groups in total. The first-order valence-corrected chi connectivity index (χ1v) is 12.5. The lowest BCUT2D eigenvalue weighted by atomic mass is 10.2. The van der Waals surface area contributed by atoms with Crippen LogP contribution in [0, 0.1) is 6.92 Å². The topological polar surface area (TPSA) is 32.6 Å². The van der Waals surface area contributed by atoms with Gasteiger partial charge in [0.25, 0.3) is 0 Å². The molecular weight excluding hydrogens is 366 g/mol. The molecule has 0 aliphatic rings. The Morgan fingerprint density at radius 3 is 1.96 bits per heavy atom. The highest BCUT2D eigenvalue weighted by Crippen LogP contribution is 2.38. The third kappa shape index (κ3) is 3.63. The van der Waals surface area contributed by atoms with Gasteiger partial charge in [-0.15, -0.1) is 0 Å². The highest BCUT2D eigenvalue weighted by Gasteiger charge is 2.38. The van der Waals surface area contributed by atoms with Crippen molar-refractivity contribution in [1.29, 1.82) is 0 Å². The second-order valence-corrected chi connectivity index (χ2v) is 13.5. The minimum absolute atomic E-state index is 0.175. The number of hydrogen-bond acceptors (Lipinski definition) is 3. The summed E-state index contributed by atoms with van der Waals surface area (Å²) < 4.78 is 19.6. The molecule has 3 rings (SSSR count). The largest absolute Gasteiger partial charge is 0.544 e. The molecule has 0 radical (unpaired) electrons. The molecular formula is C23H31NO3Si. The molecule has 0 unspecified atom stereocenters. The number of aryl methyl sites for hydroxylation is 1. The molecule has 0 aliphatic carbocycles. The first-order chi connectivity index (χ1) is 13.1. The van der Waals surface area contributed by atoms with Gasteiger partial charge in [-0.2, -0.15) is 0 Å². The fourth-order valence-electron chi connectivity index (χ4n) is 3.13. The van der Waals surface area contributed by atoms with Gasteiger partial charge in [0.2, 0.25) is 8.32 Å². The molecule has 3 aromatic rings. The molecule has 0 bridgehead atoms. The minimum atomic E-state index is -1.84. The molecule has 1 aromatic heterocycles. The summed E-state index contributed by atoms with van der Waals surface area (Å²) >= 11 is 0. The van der Waals surface area contributed by atoms with E-state index in [2.05, 4.69) is 75.7 Å². The van der Waals surface area contributed by atoms with Crippen molar-refractivity contribution >= 4 is 19.2 Å². The summed E-state index contributed by atoms with van der Waals surface area (Å²) in [7, 11) is 1.48. The van der Waals surface area contributed by atoms with Crippen LogP contribution in [0.15, 0.2) is 42.5 Å². The Kier molecular flexibility index (Phi) is 5.23. The van der Waals surface area contributed by atoms with E-state index in [9.17, 15) is 0 Å². The van der Waals surface area contributed by atoms with Crippen LogP contribution in [0.25, 0.3) is 16.6 Å². The highest BCUT2D eigenvalue weighted by atomic mass is 28.4. The Morgan fingerprint density at radius 2 is 1.43 bits per heavy atom. The van der Waals surface area contributed by atoms with E-state index in [0.29, 0.717) is 0 Å². The van der Waals surface area contributed by atoms with E-state index in [1.54, 1.807) is 14.2 Å². The summed E-state index contributed by atoms with van der Waals surface area (Å²) in [5.41, 5.74) is 3.35. The predicted molar refractivity (Wildman–Crippen MR) is 119 cm³/mol. The number of benzene rings is 2. The molecule has 2 aromatic carbocycles. The predicted octanol–water partition coefficient (Wildman–Crippen LogP) is 6.34. The molecule has 150 valence electrons. The van der Waals surface area contributed by atoms with Gasteiger partial charge in [0, 0.05) is 22.8 Å². The van der Waals surface area contributed by atoms with Crippen molar-refractivity contribution in [3.05, 3.63) is 48.2 Å². The van der Waals surface area contributed by atoms with Crippen LogP contribution in [0.3, 0.4) is 0 Å². The van der Waals surface area contributed by atoms with Crippen molar-refractivity contribution in [1.82, 2.24) is 4.57 Å². The van der Waals surface area contributed by atoms with E-state index >= 15 is 0 Å². The smallest absolute Gasteiger partial charge is 0.250 e. The number of nitrogens with zero attached hydrogens (tertiary/aromatic N) is 1. The van der Waals surface area contributed by atoms with Crippen molar-refractivity contribution in [3.8, 4) is 22.9 Å². The maximum absolute atomic E-state index is 6.42. The van der Waals surface area contributed by atoms with E-state index in [1.165, 1.54) is 0 Å². The lowest BCUT2D eigenvalue weighted by molar-refractivity contribution is 0.356. The second kappa shape index (κ2) is 7.21. The number of methoxy groups -OCH3 is 2. The van der Waals surface area contributed by atoms with Crippen LogP contribution in [0.2, 0.25) is 18.1 Å². The van der Waals surface area contributed by atoms with Crippen molar-refractivity contribution in [2.75, 3.05) is 14.2 Å². The zero-order valence-corrected chi connectivity index (χ0v) is 19.2. The molecule has 0 atom stereocenters. The fourth-order valence-corrected chi connectivity index (χ4v) is 4.16. The Labute approximate surface area is 169 Å². The summed E-state index contributed by atoms with van der Waals surface area (Å²) in [5, 5.41) is 1.30. The molecule has 0 fully saturated rings. The van der Waals surface area contributed by atoms with E-state index in [0.717, 1.165) is 39.5 Å². The normalized spacial score (nSPS) is 12.3. The summed E-state index contributed by atoms with van der Waals surface area (Å²) in [6, 6.07) is 14.6. The first-order valence-electron chi connectivity index (χ1n) is 9.61. The Bertz CT molecular complexity index is 982. The van der Waals surface area contributed by atoms with E-state index in [1.807, 2.05) is 12.1 Å². The van der Waals surface area contributed by atoms with Gasteiger partial charge < -0.3 is 18.5 Å². The lowest BCUT2D eigenvalue weighted by Crippen LogP contribution is -2.43. The fraction of sp³-hybridized carbons (Fsp3) is 0.391. The number of fused-ring (bicyclic) bond motifs is 1. The Morgan fingerprint density at radius 1 is 0.857 bits per heavy atom. The van der Waals surface area contributed by atoms with Gasteiger partial charge in [0.1, 0.15) is 5.75 Å². The molecule has 0 amide bonds. The van der Waals surface area contributed by atoms with Crippen LogP contribution in [0.4, 0.5) is 0 Å². The van der Waals surface area contributed by atoms with Crippen molar-refractivity contribution in [2.24, 2.45) is 0 Å². The second-order valence-electron chi connectivity index (χ2n) is 8.74. The minimum Gasteiger partial charge on any atom is -0.544 e. The quantitative estimate of drug-likeness (QED) is 0.471. The maximum atomic E-state index is 6.42. The summed E-state index contributed by atoms with van der Waals surface area (Å²) in [6.45, 7) is 13.4. The van der Waals surface area contributed by atoms with Gasteiger partial charge in [-0.25, -0.2) is 0 Å². The average Bonchev–Trinajstić information content (AvgIpc) is 2.94. The van der Waals surface area contributed by atoms with Gasteiger partial charge in [-0.3, -0.25) is 0 Å². The van der Waals surface area contributed by atoms with Crippen LogP contribution >= 0.6 is 0 Å². The Hall–Kier alpha value is -2.40. The van der Waals surface area contributed by atoms with Gasteiger partial charge in [-0.05, 0) is 61.5 Å². The number of hydrogen-bond donors (Lipinski definition) is 0. The maximum Gasteiger partial charge on any atom is 0.250 e. The molecule has 28 heavy (non-hydrogen) atoms. The number of rotatable bonds is 5. The zero-order valence-electron chi connectivity index (χ0n) is 18.2. The van der Waals surface area contributed by atoms with Crippen LogP contribution in [0.1, 0.15) is 26.5 Å². The summed E-state index contributed by atoms with van der Waals surface area (Å²) in [6.07, 6.45) is 0. The van der Waals surface area contributed by atoms with Gasteiger partial charge >= 0.3 is 0 Å². The van der Waals surface area contributed by atoms with Crippen molar-refractivity contribution < 1.29 is 13.9 Å². The summed E-state index contributed by atoms with van der Waals surface area (Å²) in [5.74, 6) is 2.40. The third-order valence-corrected chi connectivity index (χ3v) is 10.1. The number of aromatic nitrogens is 1. The summed E-state index contributed by atoms with van der Waals surface area (Å²) in [4.78, 5) is 0. The lowest BCUT2D eigenvalue weighted by Gasteiger charge is -2.36. The molecule has 0 saturated heterocycles. The third-order valence-electron chi connectivity index (χ3n) is 5.76. The molecule has 0 spiro atoms. The molecule has 0 aliphatic heterocycles. The first kappa shape index (κ1) is 20.3. The van der Waals surface area contributed by atoms with Crippen LogP contribution in [-0.4, -0.2) is 27.1 Å². The van der Waals surface area contributed by atoms with Crippen molar-refractivity contribution in [2.45, 2.75) is 45.8 Å². The highest BCUT2D eigenvalue weighted by molar-refractivity contribution is 6.74. The molecule has 0 saturated carbocycles. The van der Waals surface area contributed by atoms with Crippen molar-refractivity contribution in [3.63, 3.8) is 0 Å². The Balaban J connectivity index is 2.00. The van der Waals surface area contributed by atoms with Gasteiger partial charge in [0.05, 0.1) is 19.7 Å². The number of ether oxygens (including phenoxy) is 2. The van der Waals surface area contributed by atoms with Crippen LogP contribution in [0.5, 0.6) is 17.2 Å². The molecule has 4 nitrogen and oxygen atoms in total. The van der Waals surface area contributed by atoms with Gasteiger partial charge in [0.15, 0.2) is 11.5 Å². The standard InChI is InChI=1S/C23H31NO3Si/c1-16-13-17-14-21(25-5)22(26-6)15-20(17)24(16)18-9-11-19(12-10-18)27-28(7,8)23(2,3)4/h9-15H,1-8H3. The van der Waals surface area contributed by atoms with Crippen LogP contribution < -0.4 is 13.9 Å². The molecule has 1 heterocycles. The van der Waals surface area contributed by atoms with E-state index < -0.39 is 8.32 Å². The monoisotopic (exact) mass is 397 g/mol. The molecule has 5 heteroatoms. The van der Waals surface area contributed by atoms with E-state index in [-0.39, 0.29) is 5.04 Å².